The van der Waals surface area contributed by atoms with Crippen LogP contribution >= 0.6 is 0 Å². The zero-order valence-electron chi connectivity index (χ0n) is 14.2. The van der Waals surface area contributed by atoms with E-state index in [-0.39, 0.29) is 24.5 Å². The van der Waals surface area contributed by atoms with Gasteiger partial charge < -0.3 is 4.90 Å². The van der Waals surface area contributed by atoms with Gasteiger partial charge in [-0.1, -0.05) is 0 Å². The van der Waals surface area contributed by atoms with Crippen LogP contribution < -0.4 is 5.43 Å². The van der Waals surface area contributed by atoms with Crippen molar-refractivity contribution in [1.29, 1.82) is 0 Å². The van der Waals surface area contributed by atoms with Crippen LogP contribution in [0.4, 0.5) is 4.79 Å². The van der Waals surface area contributed by atoms with Crippen molar-refractivity contribution in [2.45, 2.75) is 64.7 Å². The van der Waals surface area contributed by atoms with E-state index in [0.29, 0.717) is 17.9 Å². The number of nitrogens with zero attached hydrogens (tertiary/aromatic N) is 3. The topological polar surface area (TPSA) is 119 Å². The van der Waals surface area contributed by atoms with Crippen LogP contribution in [0.1, 0.15) is 40.5 Å². The fraction of sp³-hybridized carbons (Fsp3) is 0.846. The van der Waals surface area contributed by atoms with Gasteiger partial charge >= 0.3 is 16.4 Å². The number of rotatable bonds is 6. The van der Waals surface area contributed by atoms with Crippen LogP contribution in [-0.4, -0.2) is 70.6 Å². The Morgan fingerprint density at radius 2 is 1.88 bits per heavy atom. The zero-order chi connectivity index (χ0) is 18.2. The molecule has 10 nitrogen and oxygen atoms in total. The third-order valence-electron chi connectivity index (χ3n) is 4.15. The van der Waals surface area contributed by atoms with Crippen molar-refractivity contribution in [3.63, 3.8) is 0 Å². The number of carbonyl (C=O) groups is 2. The molecule has 2 fully saturated rings. The summed E-state index contributed by atoms with van der Waals surface area (Å²) >= 11 is 0. The number of hydrazine groups is 1. The zero-order valence-corrected chi connectivity index (χ0v) is 15.0. The van der Waals surface area contributed by atoms with Gasteiger partial charge in [-0.15, -0.1) is 4.28 Å². The maximum atomic E-state index is 12.6. The van der Waals surface area contributed by atoms with E-state index in [1.54, 1.807) is 5.01 Å². The summed E-state index contributed by atoms with van der Waals surface area (Å²) in [6.45, 7) is 7.95. The SMILES string of the molecule is CC(C)N(NC(=O)[C@@H]1CCC2CN1C(=O)N2OS(=O)(=O)O)C(C)C. The number of carbonyl (C=O) groups excluding carboxylic acids is 2. The number of nitrogens with one attached hydrogen (secondary N) is 1. The van der Waals surface area contributed by atoms with E-state index in [1.807, 2.05) is 27.7 Å². The first-order valence-corrected chi connectivity index (χ1v) is 9.23. The Morgan fingerprint density at radius 3 is 2.38 bits per heavy atom. The van der Waals surface area contributed by atoms with Crippen molar-refractivity contribution in [3.05, 3.63) is 0 Å². The number of piperidine rings is 1. The van der Waals surface area contributed by atoms with Gasteiger partial charge in [0, 0.05) is 18.6 Å². The quantitative estimate of drug-likeness (QED) is 0.508. The standard InChI is InChI=1S/C13H24N4O6S/c1-8(2)16(9(3)4)14-12(18)11-6-5-10-7-15(11)13(19)17(10)23-24(20,21)22/h8-11H,5-7H2,1-4H3,(H,14,18)(H,20,21,22)/t10?,11-/m0/s1. The number of urea groups is 1. The molecule has 11 heteroatoms. The van der Waals surface area contributed by atoms with Crippen LogP contribution in [0.2, 0.25) is 0 Å². The van der Waals surface area contributed by atoms with Gasteiger partial charge in [0.2, 0.25) is 0 Å². The third-order valence-corrected chi connectivity index (χ3v) is 4.50. The van der Waals surface area contributed by atoms with Crippen molar-refractivity contribution in [1.82, 2.24) is 20.4 Å². The molecule has 2 aliphatic rings. The van der Waals surface area contributed by atoms with Gasteiger partial charge in [0.1, 0.15) is 6.04 Å². The number of hydrogen-bond acceptors (Lipinski definition) is 6. The molecule has 2 saturated heterocycles. The summed E-state index contributed by atoms with van der Waals surface area (Å²) in [5.41, 5.74) is 2.83. The lowest BCUT2D eigenvalue weighted by atomic mass is 10.0. The molecule has 2 bridgehead atoms. The Hall–Kier alpha value is -1.43. The third kappa shape index (κ3) is 3.97. The van der Waals surface area contributed by atoms with E-state index in [9.17, 15) is 18.0 Å². The largest absolute Gasteiger partial charge is 0.418 e. The summed E-state index contributed by atoms with van der Waals surface area (Å²) in [5, 5.41) is 2.42. The van der Waals surface area contributed by atoms with Crippen molar-refractivity contribution >= 4 is 22.3 Å². The molecule has 0 saturated carbocycles. The molecule has 0 aromatic heterocycles. The molecule has 0 aliphatic carbocycles. The second-order valence-corrected chi connectivity index (χ2v) is 7.59. The summed E-state index contributed by atoms with van der Waals surface area (Å²) in [6, 6.07) is -1.78. The Labute approximate surface area is 141 Å². The smallest absolute Gasteiger partial charge is 0.309 e. The molecule has 1 unspecified atom stereocenters. The summed E-state index contributed by atoms with van der Waals surface area (Å²) in [5.74, 6) is -0.321. The molecule has 2 rings (SSSR count). The normalized spacial score (nSPS) is 24.4. The summed E-state index contributed by atoms with van der Waals surface area (Å²) in [7, 11) is -4.79. The lowest BCUT2D eigenvalue weighted by Gasteiger charge is -2.35. The average molecular weight is 364 g/mol. The first-order valence-electron chi connectivity index (χ1n) is 7.87. The van der Waals surface area contributed by atoms with Gasteiger partial charge in [0.15, 0.2) is 0 Å². The lowest BCUT2D eigenvalue weighted by molar-refractivity contribution is -0.133. The lowest BCUT2D eigenvalue weighted by Crippen LogP contribution is -2.57. The minimum Gasteiger partial charge on any atom is -0.309 e. The molecular formula is C13H24N4O6S. The van der Waals surface area contributed by atoms with E-state index in [4.69, 9.17) is 4.55 Å². The summed E-state index contributed by atoms with van der Waals surface area (Å²) in [6.07, 6.45) is 0.789. The second kappa shape index (κ2) is 6.82. The monoisotopic (exact) mass is 364 g/mol. The van der Waals surface area contributed by atoms with Crippen LogP contribution in [0.25, 0.3) is 0 Å². The fourth-order valence-electron chi connectivity index (χ4n) is 3.16. The van der Waals surface area contributed by atoms with Crippen LogP contribution in [-0.2, 0) is 19.5 Å². The molecule has 24 heavy (non-hydrogen) atoms. The molecule has 0 aromatic carbocycles. The van der Waals surface area contributed by atoms with Gasteiger partial charge in [0.25, 0.3) is 5.91 Å². The van der Waals surface area contributed by atoms with E-state index >= 15 is 0 Å². The number of fused-ring (bicyclic) bond motifs is 2. The minimum atomic E-state index is -4.79. The molecular weight excluding hydrogens is 340 g/mol. The highest BCUT2D eigenvalue weighted by Crippen LogP contribution is 2.30. The van der Waals surface area contributed by atoms with Gasteiger partial charge in [-0.25, -0.2) is 9.80 Å². The Morgan fingerprint density at radius 1 is 1.29 bits per heavy atom. The van der Waals surface area contributed by atoms with Crippen molar-refractivity contribution in [3.8, 4) is 0 Å². The highest BCUT2D eigenvalue weighted by molar-refractivity contribution is 7.80. The summed E-state index contributed by atoms with van der Waals surface area (Å²) < 4.78 is 34.9. The molecule has 138 valence electrons. The van der Waals surface area contributed by atoms with E-state index in [0.717, 1.165) is 0 Å². The highest BCUT2D eigenvalue weighted by atomic mass is 32.3. The number of amides is 3. The maximum Gasteiger partial charge on any atom is 0.418 e. The fourth-order valence-corrected chi connectivity index (χ4v) is 3.55. The summed E-state index contributed by atoms with van der Waals surface area (Å²) in [4.78, 5) is 26.1. The first kappa shape index (κ1) is 18.9. The van der Waals surface area contributed by atoms with Crippen molar-refractivity contribution < 1.29 is 26.8 Å². The van der Waals surface area contributed by atoms with Crippen molar-refractivity contribution in [2.75, 3.05) is 6.54 Å². The van der Waals surface area contributed by atoms with E-state index < -0.39 is 28.5 Å². The molecule has 2 heterocycles. The second-order valence-electron chi connectivity index (χ2n) is 6.58. The van der Waals surface area contributed by atoms with Gasteiger partial charge in [0.05, 0.1) is 6.04 Å². The molecule has 2 aliphatic heterocycles. The van der Waals surface area contributed by atoms with Crippen LogP contribution in [0, 0.1) is 0 Å². The van der Waals surface area contributed by atoms with Crippen molar-refractivity contribution in [2.24, 2.45) is 0 Å². The van der Waals surface area contributed by atoms with E-state index in [1.165, 1.54) is 4.90 Å². The molecule has 0 aromatic rings. The molecule has 3 amide bonds. The first-order chi connectivity index (χ1) is 11.0. The predicted octanol–water partition coefficient (Wildman–Crippen LogP) is 0.139. The molecule has 0 radical (unpaired) electrons. The predicted molar refractivity (Wildman–Crippen MR) is 83.6 cm³/mol. The highest BCUT2D eigenvalue weighted by Gasteiger charge is 2.49. The number of hydroxylamine groups is 2. The molecule has 2 atom stereocenters. The van der Waals surface area contributed by atoms with Gasteiger partial charge in [-0.05, 0) is 40.5 Å². The van der Waals surface area contributed by atoms with E-state index in [2.05, 4.69) is 9.71 Å². The van der Waals surface area contributed by atoms with Gasteiger partial charge in [-0.3, -0.25) is 14.8 Å². The average Bonchev–Trinajstić information content (AvgIpc) is 2.67. The van der Waals surface area contributed by atoms with Gasteiger partial charge in [-0.2, -0.15) is 13.5 Å². The minimum absolute atomic E-state index is 0.0823. The maximum absolute atomic E-state index is 12.6. The Bertz CT molecular complexity index is 600. The Balaban J connectivity index is 2.09. The van der Waals surface area contributed by atoms with Crippen LogP contribution in [0.5, 0.6) is 0 Å². The Kier molecular flexibility index (Phi) is 5.37. The molecule has 0 spiro atoms. The van der Waals surface area contributed by atoms with Crippen LogP contribution in [0.3, 0.4) is 0 Å². The van der Waals surface area contributed by atoms with Crippen LogP contribution in [0.15, 0.2) is 0 Å². The molecule has 2 N–H and O–H groups in total. The number of hydrogen-bond donors (Lipinski definition) is 2.